The van der Waals surface area contributed by atoms with E-state index in [2.05, 4.69) is 17.9 Å². The minimum atomic E-state index is 0.245. The van der Waals surface area contributed by atoms with Crippen molar-refractivity contribution in [3.8, 4) is 0 Å². The van der Waals surface area contributed by atoms with Gasteiger partial charge in [0.15, 0.2) is 0 Å². The van der Waals surface area contributed by atoms with Crippen LogP contribution in [0.15, 0.2) is 18.2 Å². The molecule has 3 N–H and O–H groups in total. The van der Waals surface area contributed by atoms with Crippen LogP contribution in [0, 0.1) is 6.92 Å². The third-order valence-corrected chi connectivity index (χ3v) is 3.63. The number of benzene rings is 1. The Labute approximate surface area is 103 Å². The summed E-state index contributed by atoms with van der Waals surface area (Å²) in [7, 11) is 0. The minimum Gasteiger partial charge on any atom is -0.397 e. The number of hydrogen-bond acceptors (Lipinski definition) is 3. The first-order valence-corrected chi connectivity index (χ1v) is 6.46. The molecule has 1 aliphatic rings. The van der Waals surface area contributed by atoms with Crippen LogP contribution in [0.25, 0.3) is 0 Å². The predicted octanol–water partition coefficient (Wildman–Crippen LogP) is 2.32. The molecule has 3 nitrogen and oxygen atoms in total. The molecule has 1 aromatic rings. The number of nitrogens with two attached hydrogens (primary N) is 1. The fraction of sp³-hybridized carbons (Fsp3) is 0.571. The quantitative estimate of drug-likeness (QED) is 0.769. The molecule has 1 fully saturated rings. The highest BCUT2D eigenvalue weighted by atomic mass is 16.3. The summed E-state index contributed by atoms with van der Waals surface area (Å²) in [5, 5.41) is 9.02. The average Bonchev–Trinajstić information content (AvgIpc) is 2.22. The summed E-state index contributed by atoms with van der Waals surface area (Å²) in [4.78, 5) is 2.39. The third-order valence-electron chi connectivity index (χ3n) is 3.63. The second kappa shape index (κ2) is 5.41. The highest BCUT2D eigenvalue weighted by Crippen LogP contribution is 2.35. The van der Waals surface area contributed by atoms with Crippen LogP contribution >= 0.6 is 0 Å². The van der Waals surface area contributed by atoms with Crippen LogP contribution in [0.2, 0.25) is 0 Å². The van der Waals surface area contributed by atoms with Crippen molar-refractivity contribution in [1.29, 1.82) is 0 Å². The Balaban J connectivity index is 2.24. The highest BCUT2D eigenvalue weighted by molar-refractivity contribution is 5.71. The van der Waals surface area contributed by atoms with Gasteiger partial charge in [-0.05, 0) is 44.2 Å². The number of aliphatic hydroxyl groups excluding tert-OH is 1. The van der Waals surface area contributed by atoms with Gasteiger partial charge in [-0.25, -0.2) is 0 Å². The molecule has 17 heavy (non-hydrogen) atoms. The van der Waals surface area contributed by atoms with Crippen LogP contribution < -0.4 is 10.6 Å². The average molecular weight is 234 g/mol. The summed E-state index contributed by atoms with van der Waals surface area (Å²) in [5.41, 5.74) is 9.37. The van der Waals surface area contributed by atoms with Gasteiger partial charge in [-0.3, -0.25) is 0 Å². The van der Waals surface area contributed by atoms with E-state index in [1.165, 1.54) is 30.5 Å². The van der Waals surface area contributed by atoms with Gasteiger partial charge >= 0.3 is 0 Å². The first-order chi connectivity index (χ1) is 8.24. The van der Waals surface area contributed by atoms with E-state index in [0.29, 0.717) is 6.04 Å². The summed E-state index contributed by atoms with van der Waals surface area (Å²) in [6.45, 7) is 3.25. The van der Waals surface area contributed by atoms with E-state index in [1.54, 1.807) is 0 Å². The van der Waals surface area contributed by atoms with Gasteiger partial charge in [0.05, 0.1) is 11.4 Å². The number of aryl methyl sites for hydroxylation is 1. The van der Waals surface area contributed by atoms with Gasteiger partial charge in [0.2, 0.25) is 0 Å². The fourth-order valence-electron chi connectivity index (χ4n) is 2.49. The smallest absolute Gasteiger partial charge is 0.0632 e. The van der Waals surface area contributed by atoms with Crippen LogP contribution in [-0.2, 0) is 0 Å². The fourth-order valence-corrected chi connectivity index (χ4v) is 2.49. The van der Waals surface area contributed by atoms with Crippen LogP contribution in [0.4, 0.5) is 11.4 Å². The van der Waals surface area contributed by atoms with E-state index >= 15 is 0 Å². The van der Waals surface area contributed by atoms with Crippen LogP contribution in [0.5, 0.6) is 0 Å². The molecule has 0 heterocycles. The molecule has 0 saturated heterocycles. The molecule has 1 aliphatic carbocycles. The predicted molar refractivity (Wildman–Crippen MR) is 72.3 cm³/mol. The Morgan fingerprint density at radius 3 is 2.71 bits per heavy atom. The number of rotatable bonds is 5. The molecule has 3 heteroatoms. The number of para-hydroxylation sites is 1. The molecule has 94 valence electrons. The molecule has 1 saturated carbocycles. The lowest BCUT2D eigenvalue weighted by Crippen LogP contribution is -2.41. The van der Waals surface area contributed by atoms with Gasteiger partial charge in [-0.15, -0.1) is 0 Å². The monoisotopic (exact) mass is 234 g/mol. The standard InChI is InChI=1S/C14H22N2O/c1-11-5-2-8-13(15)14(11)16(9-4-10-17)12-6-3-7-12/h2,5,8,12,17H,3-4,6-7,9-10,15H2,1H3. The molecule has 1 aromatic carbocycles. The summed E-state index contributed by atoms with van der Waals surface area (Å²) in [6.07, 6.45) is 4.62. The third kappa shape index (κ3) is 2.55. The van der Waals surface area contributed by atoms with E-state index in [4.69, 9.17) is 10.8 Å². The summed E-state index contributed by atoms with van der Waals surface area (Å²) in [5.74, 6) is 0. The SMILES string of the molecule is Cc1cccc(N)c1N(CCCO)C1CCC1. The lowest BCUT2D eigenvalue weighted by Gasteiger charge is -2.40. The Morgan fingerprint density at radius 2 is 2.18 bits per heavy atom. The topological polar surface area (TPSA) is 49.5 Å². The molecular weight excluding hydrogens is 212 g/mol. The molecule has 0 bridgehead atoms. The molecule has 0 unspecified atom stereocenters. The van der Waals surface area contributed by atoms with Gasteiger partial charge in [-0.2, -0.15) is 0 Å². The number of aliphatic hydroxyl groups is 1. The Hall–Kier alpha value is -1.22. The van der Waals surface area contributed by atoms with E-state index < -0.39 is 0 Å². The van der Waals surface area contributed by atoms with Crippen molar-refractivity contribution < 1.29 is 5.11 Å². The van der Waals surface area contributed by atoms with Gasteiger partial charge in [0.1, 0.15) is 0 Å². The summed E-state index contributed by atoms with van der Waals surface area (Å²) >= 11 is 0. The summed E-state index contributed by atoms with van der Waals surface area (Å²) in [6, 6.07) is 6.69. The van der Waals surface area contributed by atoms with Crippen LogP contribution in [0.3, 0.4) is 0 Å². The molecule has 0 aliphatic heterocycles. The first-order valence-electron chi connectivity index (χ1n) is 6.46. The Bertz CT molecular complexity index is 354. The lowest BCUT2D eigenvalue weighted by atomic mass is 9.90. The van der Waals surface area contributed by atoms with Crippen molar-refractivity contribution >= 4 is 11.4 Å². The highest BCUT2D eigenvalue weighted by Gasteiger charge is 2.26. The molecular formula is C14H22N2O. The normalized spacial score (nSPS) is 15.6. The van der Waals surface area contributed by atoms with Crippen molar-refractivity contribution in [2.45, 2.75) is 38.6 Å². The zero-order chi connectivity index (χ0) is 12.3. The second-order valence-electron chi connectivity index (χ2n) is 4.87. The molecule has 0 spiro atoms. The maximum atomic E-state index is 9.02. The zero-order valence-corrected chi connectivity index (χ0v) is 10.5. The molecule has 0 aromatic heterocycles. The van der Waals surface area contributed by atoms with Crippen LogP contribution in [0.1, 0.15) is 31.2 Å². The van der Waals surface area contributed by atoms with E-state index in [1.807, 2.05) is 12.1 Å². The number of hydrogen-bond donors (Lipinski definition) is 2. The van der Waals surface area contributed by atoms with Crippen LogP contribution in [-0.4, -0.2) is 24.3 Å². The largest absolute Gasteiger partial charge is 0.397 e. The van der Waals surface area contributed by atoms with Crippen molar-refractivity contribution in [2.24, 2.45) is 0 Å². The van der Waals surface area contributed by atoms with Crippen molar-refractivity contribution in [1.82, 2.24) is 0 Å². The van der Waals surface area contributed by atoms with Crippen molar-refractivity contribution in [2.75, 3.05) is 23.8 Å². The molecule has 0 radical (unpaired) electrons. The Kier molecular flexibility index (Phi) is 3.89. The maximum absolute atomic E-state index is 9.02. The van der Waals surface area contributed by atoms with Crippen molar-refractivity contribution in [3.05, 3.63) is 23.8 Å². The number of nitrogen functional groups attached to an aromatic ring is 1. The molecule has 0 atom stereocenters. The van der Waals surface area contributed by atoms with E-state index in [0.717, 1.165) is 18.7 Å². The minimum absolute atomic E-state index is 0.245. The Morgan fingerprint density at radius 1 is 1.41 bits per heavy atom. The lowest BCUT2D eigenvalue weighted by molar-refractivity contribution is 0.283. The number of nitrogens with zero attached hydrogens (tertiary/aromatic N) is 1. The molecule has 0 amide bonds. The van der Waals surface area contributed by atoms with E-state index in [9.17, 15) is 0 Å². The maximum Gasteiger partial charge on any atom is 0.0632 e. The first kappa shape index (κ1) is 12.2. The van der Waals surface area contributed by atoms with E-state index in [-0.39, 0.29) is 6.61 Å². The van der Waals surface area contributed by atoms with Crippen molar-refractivity contribution in [3.63, 3.8) is 0 Å². The summed E-state index contributed by atoms with van der Waals surface area (Å²) < 4.78 is 0. The second-order valence-corrected chi connectivity index (χ2v) is 4.87. The van der Waals surface area contributed by atoms with Gasteiger partial charge in [0.25, 0.3) is 0 Å². The zero-order valence-electron chi connectivity index (χ0n) is 10.5. The van der Waals surface area contributed by atoms with Gasteiger partial charge in [0, 0.05) is 19.2 Å². The van der Waals surface area contributed by atoms with Gasteiger partial charge in [-0.1, -0.05) is 12.1 Å². The van der Waals surface area contributed by atoms with Gasteiger partial charge < -0.3 is 15.7 Å². The molecule has 2 rings (SSSR count). The number of anilines is 2.